The second-order valence-electron chi connectivity index (χ2n) is 6.75. The SMILES string of the molecule is CC(C)c1ccc(SC(=O)c2ccc3sc4ccccc4c(=O)c3c2)cc1. The highest BCUT2D eigenvalue weighted by Gasteiger charge is 2.12. The van der Waals surface area contributed by atoms with Crippen molar-refractivity contribution in [1.82, 2.24) is 0 Å². The molecule has 1 heterocycles. The molecular weight excluding hydrogens is 372 g/mol. The van der Waals surface area contributed by atoms with Crippen molar-refractivity contribution >= 4 is 48.4 Å². The van der Waals surface area contributed by atoms with Crippen LogP contribution in [-0.2, 0) is 0 Å². The van der Waals surface area contributed by atoms with E-state index in [-0.39, 0.29) is 10.5 Å². The van der Waals surface area contributed by atoms with Gasteiger partial charge < -0.3 is 0 Å². The first-order valence-corrected chi connectivity index (χ1v) is 10.4. The molecular formula is C23H18O2S2. The highest BCUT2D eigenvalue weighted by Crippen LogP contribution is 2.29. The molecule has 0 aliphatic heterocycles. The van der Waals surface area contributed by atoms with E-state index in [2.05, 4.69) is 26.0 Å². The van der Waals surface area contributed by atoms with E-state index in [1.807, 2.05) is 48.5 Å². The van der Waals surface area contributed by atoms with Crippen LogP contribution in [0.25, 0.3) is 20.2 Å². The third kappa shape index (κ3) is 3.55. The number of hydrogen-bond donors (Lipinski definition) is 0. The Balaban J connectivity index is 1.68. The van der Waals surface area contributed by atoms with Gasteiger partial charge in [0.25, 0.3) is 0 Å². The van der Waals surface area contributed by atoms with Crippen molar-refractivity contribution in [2.75, 3.05) is 0 Å². The van der Waals surface area contributed by atoms with Crippen LogP contribution >= 0.6 is 23.1 Å². The van der Waals surface area contributed by atoms with E-state index in [9.17, 15) is 9.59 Å². The predicted molar refractivity (Wildman–Crippen MR) is 116 cm³/mol. The molecule has 0 spiro atoms. The lowest BCUT2D eigenvalue weighted by Gasteiger charge is -2.07. The van der Waals surface area contributed by atoms with E-state index < -0.39 is 0 Å². The Kier molecular flexibility index (Phi) is 4.85. The molecule has 0 amide bonds. The number of rotatable bonds is 3. The maximum atomic E-state index is 12.8. The van der Waals surface area contributed by atoms with Crippen molar-refractivity contribution in [3.8, 4) is 0 Å². The fourth-order valence-corrected chi connectivity index (χ4v) is 4.80. The Morgan fingerprint density at radius 3 is 2.33 bits per heavy atom. The molecule has 0 aliphatic carbocycles. The lowest BCUT2D eigenvalue weighted by atomic mass is 10.0. The van der Waals surface area contributed by atoms with Gasteiger partial charge in [0, 0.05) is 30.6 Å². The van der Waals surface area contributed by atoms with Crippen molar-refractivity contribution in [2.24, 2.45) is 0 Å². The molecule has 0 unspecified atom stereocenters. The topological polar surface area (TPSA) is 34.1 Å². The highest BCUT2D eigenvalue weighted by atomic mass is 32.2. The zero-order valence-corrected chi connectivity index (χ0v) is 16.7. The molecule has 0 atom stereocenters. The van der Waals surface area contributed by atoms with Crippen LogP contribution in [0.15, 0.2) is 76.4 Å². The van der Waals surface area contributed by atoms with Crippen LogP contribution in [0.3, 0.4) is 0 Å². The molecule has 0 saturated carbocycles. The largest absolute Gasteiger partial charge is 0.289 e. The van der Waals surface area contributed by atoms with Crippen molar-refractivity contribution in [3.63, 3.8) is 0 Å². The van der Waals surface area contributed by atoms with Gasteiger partial charge >= 0.3 is 0 Å². The van der Waals surface area contributed by atoms with Gasteiger partial charge in [-0.25, -0.2) is 0 Å². The fourth-order valence-electron chi connectivity index (χ4n) is 3.02. The molecule has 0 fully saturated rings. The van der Waals surface area contributed by atoms with Crippen molar-refractivity contribution in [2.45, 2.75) is 24.7 Å². The van der Waals surface area contributed by atoms with E-state index in [4.69, 9.17) is 0 Å². The molecule has 4 rings (SSSR count). The quantitative estimate of drug-likeness (QED) is 0.297. The molecule has 4 aromatic rings. The smallest absolute Gasteiger partial charge is 0.224 e. The summed E-state index contributed by atoms with van der Waals surface area (Å²) in [5.41, 5.74) is 1.79. The Morgan fingerprint density at radius 2 is 1.59 bits per heavy atom. The normalized spacial score (nSPS) is 11.4. The molecule has 0 saturated heterocycles. The zero-order valence-electron chi connectivity index (χ0n) is 15.1. The summed E-state index contributed by atoms with van der Waals surface area (Å²) >= 11 is 2.77. The van der Waals surface area contributed by atoms with Crippen molar-refractivity contribution < 1.29 is 4.79 Å². The van der Waals surface area contributed by atoms with Crippen LogP contribution in [0.1, 0.15) is 35.7 Å². The summed E-state index contributed by atoms with van der Waals surface area (Å²) in [5.74, 6) is 0.465. The van der Waals surface area contributed by atoms with Gasteiger partial charge in [-0.15, -0.1) is 11.3 Å². The standard InChI is InChI=1S/C23H18O2S2/c1-14(2)15-7-10-17(11-8-15)26-23(25)16-9-12-21-19(13-16)22(24)18-5-3-4-6-20(18)27-21/h3-14H,1-2H3. The summed E-state index contributed by atoms with van der Waals surface area (Å²) in [4.78, 5) is 26.4. The third-order valence-electron chi connectivity index (χ3n) is 4.57. The number of fused-ring (bicyclic) bond motifs is 2. The molecule has 4 heteroatoms. The van der Waals surface area contributed by atoms with Gasteiger partial charge in [-0.05, 0) is 65.7 Å². The molecule has 0 aliphatic rings. The van der Waals surface area contributed by atoms with Crippen molar-refractivity contribution in [1.29, 1.82) is 0 Å². The summed E-state index contributed by atoms with van der Waals surface area (Å²) in [6.45, 7) is 4.29. The van der Waals surface area contributed by atoms with Gasteiger partial charge in [0.2, 0.25) is 5.12 Å². The average molecular weight is 391 g/mol. The predicted octanol–water partition coefficient (Wildman–Crippen LogP) is 6.47. The molecule has 27 heavy (non-hydrogen) atoms. The van der Waals surface area contributed by atoms with Gasteiger partial charge in [-0.2, -0.15) is 0 Å². The third-order valence-corrected chi connectivity index (χ3v) is 6.65. The number of carbonyl (C=O) groups excluding carboxylic acids is 1. The monoisotopic (exact) mass is 390 g/mol. The molecule has 134 valence electrons. The van der Waals surface area contributed by atoms with Gasteiger partial charge in [-0.1, -0.05) is 38.1 Å². The summed E-state index contributed by atoms with van der Waals surface area (Å²) in [6.07, 6.45) is 0. The molecule has 0 bridgehead atoms. The molecule has 0 radical (unpaired) electrons. The van der Waals surface area contributed by atoms with E-state index in [1.165, 1.54) is 17.3 Å². The minimum atomic E-state index is -0.0493. The minimum Gasteiger partial charge on any atom is -0.289 e. The molecule has 0 N–H and O–H groups in total. The summed E-state index contributed by atoms with van der Waals surface area (Å²) < 4.78 is 1.87. The maximum absolute atomic E-state index is 12.8. The van der Waals surface area contributed by atoms with E-state index >= 15 is 0 Å². The highest BCUT2D eigenvalue weighted by molar-refractivity contribution is 8.14. The van der Waals surface area contributed by atoms with Gasteiger partial charge in [0.15, 0.2) is 5.43 Å². The summed E-state index contributed by atoms with van der Waals surface area (Å²) in [7, 11) is 0. The second kappa shape index (κ2) is 7.29. The number of hydrogen-bond acceptors (Lipinski definition) is 4. The van der Waals surface area contributed by atoms with Crippen LogP contribution in [0, 0.1) is 0 Å². The van der Waals surface area contributed by atoms with E-state index in [0.717, 1.165) is 14.3 Å². The Labute approximate surface area is 165 Å². The molecule has 2 nitrogen and oxygen atoms in total. The minimum absolute atomic E-state index is 0.0136. The Morgan fingerprint density at radius 1 is 0.889 bits per heavy atom. The number of thioether (sulfide) groups is 1. The Hall–Kier alpha value is -2.43. The summed E-state index contributed by atoms with van der Waals surface area (Å²) in [5, 5.41) is 1.27. The van der Waals surface area contributed by atoms with Crippen molar-refractivity contribution in [3.05, 3.63) is 88.1 Å². The van der Waals surface area contributed by atoms with Crippen LogP contribution < -0.4 is 5.43 Å². The maximum Gasteiger partial charge on any atom is 0.224 e. The number of benzene rings is 3. The molecule has 1 aromatic heterocycles. The number of carbonyl (C=O) groups is 1. The van der Waals surface area contributed by atoms with Gasteiger partial charge in [0.1, 0.15) is 0 Å². The van der Waals surface area contributed by atoms with Crippen LogP contribution in [-0.4, -0.2) is 5.12 Å². The Bertz CT molecular complexity index is 1200. The van der Waals surface area contributed by atoms with Crippen LogP contribution in [0.4, 0.5) is 0 Å². The van der Waals surface area contributed by atoms with E-state index in [0.29, 0.717) is 22.3 Å². The van der Waals surface area contributed by atoms with Gasteiger partial charge in [-0.3, -0.25) is 9.59 Å². The zero-order chi connectivity index (χ0) is 19.0. The molecule has 3 aromatic carbocycles. The summed E-state index contributed by atoms with van der Waals surface area (Å²) in [6, 6.07) is 21.1. The fraction of sp³-hybridized carbons (Fsp3) is 0.130. The van der Waals surface area contributed by atoms with Gasteiger partial charge in [0.05, 0.1) is 0 Å². The van der Waals surface area contributed by atoms with Crippen LogP contribution in [0.5, 0.6) is 0 Å². The first-order valence-electron chi connectivity index (χ1n) is 8.80. The second-order valence-corrected chi connectivity index (χ2v) is 8.88. The lowest BCUT2D eigenvalue weighted by Crippen LogP contribution is -2.02. The average Bonchev–Trinajstić information content (AvgIpc) is 2.68. The van der Waals surface area contributed by atoms with Crippen LogP contribution in [0.2, 0.25) is 0 Å². The first kappa shape index (κ1) is 18.0. The van der Waals surface area contributed by atoms with E-state index in [1.54, 1.807) is 17.4 Å². The first-order chi connectivity index (χ1) is 13.0. The lowest BCUT2D eigenvalue weighted by molar-refractivity contribution is 0.108.